The van der Waals surface area contributed by atoms with Gasteiger partial charge in [-0.05, 0) is 13.2 Å². The third-order valence-corrected chi connectivity index (χ3v) is 3.25. The largest absolute Gasteiger partial charge is 0.393 e. The number of carbonyl (C=O) groups excluding carboxylic acids is 1. The lowest BCUT2D eigenvalue weighted by molar-refractivity contribution is -0.130. The molecule has 0 saturated carbocycles. The minimum absolute atomic E-state index is 0.0955. The zero-order valence-corrected chi connectivity index (χ0v) is 11.3. The number of hydrogen-bond donors (Lipinski definition) is 1. The molecule has 0 saturated heterocycles. The first-order valence-electron chi connectivity index (χ1n) is 5.08. The Morgan fingerprint density at radius 1 is 1.60 bits per heavy atom. The van der Waals surface area contributed by atoms with E-state index >= 15 is 0 Å². The molecular weight excluding hydrogens is 228 g/mol. The van der Waals surface area contributed by atoms with E-state index in [1.807, 2.05) is 25.0 Å². The summed E-state index contributed by atoms with van der Waals surface area (Å²) in [6.07, 6.45) is 2.60. The van der Waals surface area contributed by atoms with Crippen molar-refractivity contribution in [1.82, 2.24) is 4.90 Å². The van der Waals surface area contributed by atoms with Crippen LogP contribution in [0.4, 0.5) is 0 Å². The van der Waals surface area contributed by atoms with Crippen molar-refractivity contribution in [2.24, 2.45) is 11.7 Å². The van der Waals surface area contributed by atoms with Gasteiger partial charge in [-0.2, -0.15) is 11.8 Å². The fourth-order valence-electron chi connectivity index (χ4n) is 1.18. The Hall–Kier alpha value is -0.290. The molecule has 2 N–H and O–H groups in total. The minimum Gasteiger partial charge on any atom is -0.393 e. The Morgan fingerprint density at radius 3 is 2.60 bits per heavy atom. The predicted molar refractivity (Wildman–Crippen MR) is 71.2 cm³/mol. The summed E-state index contributed by atoms with van der Waals surface area (Å²) in [6.45, 7) is 5.29. The molecule has 0 aromatic carbocycles. The molecule has 1 unspecified atom stereocenters. The van der Waals surface area contributed by atoms with Crippen LogP contribution >= 0.6 is 24.0 Å². The van der Waals surface area contributed by atoms with E-state index < -0.39 is 0 Å². The van der Waals surface area contributed by atoms with Gasteiger partial charge in [0, 0.05) is 31.2 Å². The highest BCUT2D eigenvalue weighted by atomic mass is 32.2. The van der Waals surface area contributed by atoms with Crippen LogP contribution in [0, 0.1) is 5.92 Å². The van der Waals surface area contributed by atoms with Crippen molar-refractivity contribution in [3.63, 3.8) is 0 Å². The molecule has 0 aliphatic carbocycles. The van der Waals surface area contributed by atoms with Gasteiger partial charge >= 0.3 is 0 Å². The van der Waals surface area contributed by atoms with E-state index in [-0.39, 0.29) is 11.8 Å². The Balaban J connectivity index is 4.11. The van der Waals surface area contributed by atoms with Gasteiger partial charge in [-0.1, -0.05) is 19.1 Å². The van der Waals surface area contributed by atoms with Gasteiger partial charge in [0.25, 0.3) is 0 Å². The first-order valence-corrected chi connectivity index (χ1v) is 6.89. The van der Waals surface area contributed by atoms with Crippen LogP contribution in [0.15, 0.2) is 0 Å². The van der Waals surface area contributed by atoms with Crippen LogP contribution in [0.25, 0.3) is 0 Å². The maximum atomic E-state index is 11.7. The molecule has 1 amide bonds. The van der Waals surface area contributed by atoms with Crippen molar-refractivity contribution >= 4 is 34.9 Å². The summed E-state index contributed by atoms with van der Waals surface area (Å²) < 4.78 is 0. The number of thioether (sulfide) groups is 1. The van der Waals surface area contributed by atoms with E-state index in [4.69, 9.17) is 18.0 Å². The van der Waals surface area contributed by atoms with Crippen LogP contribution in [-0.4, -0.2) is 40.9 Å². The number of hydrogen-bond acceptors (Lipinski definition) is 3. The van der Waals surface area contributed by atoms with Crippen LogP contribution < -0.4 is 5.73 Å². The highest BCUT2D eigenvalue weighted by Gasteiger charge is 2.15. The molecule has 0 bridgehead atoms. The van der Waals surface area contributed by atoms with Crippen LogP contribution in [0.1, 0.15) is 20.3 Å². The summed E-state index contributed by atoms with van der Waals surface area (Å²) in [7, 11) is 0. The molecule has 88 valence electrons. The zero-order valence-electron chi connectivity index (χ0n) is 9.66. The Bertz CT molecular complexity index is 221. The fourth-order valence-corrected chi connectivity index (χ4v) is 1.63. The van der Waals surface area contributed by atoms with E-state index in [0.29, 0.717) is 18.0 Å². The number of nitrogens with two attached hydrogens (primary N) is 1. The van der Waals surface area contributed by atoms with Crippen molar-refractivity contribution in [1.29, 1.82) is 0 Å². The van der Waals surface area contributed by atoms with Crippen LogP contribution in [0.2, 0.25) is 0 Å². The molecule has 3 nitrogen and oxygen atoms in total. The molecule has 0 heterocycles. The lowest BCUT2D eigenvalue weighted by Gasteiger charge is -2.24. The molecule has 0 aliphatic heterocycles. The number of thiocarbonyl (C=S) groups is 1. The second-order valence-electron chi connectivity index (χ2n) is 3.48. The van der Waals surface area contributed by atoms with Crippen LogP contribution in [-0.2, 0) is 4.79 Å². The quantitative estimate of drug-likeness (QED) is 0.694. The second-order valence-corrected chi connectivity index (χ2v) is 4.94. The van der Waals surface area contributed by atoms with Gasteiger partial charge in [-0.25, -0.2) is 0 Å². The van der Waals surface area contributed by atoms with E-state index in [1.54, 1.807) is 11.8 Å². The van der Waals surface area contributed by atoms with Crippen molar-refractivity contribution in [2.45, 2.75) is 20.3 Å². The van der Waals surface area contributed by atoms with Crippen molar-refractivity contribution in [3.05, 3.63) is 0 Å². The van der Waals surface area contributed by atoms with Gasteiger partial charge in [0.15, 0.2) is 0 Å². The normalized spacial score (nSPS) is 12.2. The first kappa shape index (κ1) is 14.7. The van der Waals surface area contributed by atoms with Crippen LogP contribution in [0.3, 0.4) is 0 Å². The maximum absolute atomic E-state index is 11.7. The Morgan fingerprint density at radius 2 is 2.20 bits per heavy atom. The smallest absolute Gasteiger partial charge is 0.223 e. The van der Waals surface area contributed by atoms with Crippen LogP contribution in [0.5, 0.6) is 0 Å². The van der Waals surface area contributed by atoms with Gasteiger partial charge in [0.05, 0.1) is 4.99 Å². The second kappa shape index (κ2) is 7.93. The number of carbonyl (C=O) groups is 1. The van der Waals surface area contributed by atoms with Gasteiger partial charge in [-0.15, -0.1) is 0 Å². The molecule has 0 aromatic rings. The lowest BCUT2D eigenvalue weighted by Crippen LogP contribution is -2.38. The molecule has 15 heavy (non-hydrogen) atoms. The summed E-state index contributed by atoms with van der Waals surface area (Å²) >= 11 is 6.58. The average Bonchev–Trinajstić information content (AvgIpc) is 2.21. The number of nitrogens with zero attached hydrogens (tertiary/aromatic N) is 1. The molecular formula is C10H20N2OS2. The molecule has 0 aliphatic rings. The minimum atomic E-state index is 0.0955. The zero-order chi connectivity index (χ0) is 11.8. The van der Waals surface area contributed by atoms with Crippen molar-refractivity contribution in [2.75, 3.05) is 25.1 Å². The highest BCUT2D eigenvalue weighted by molar-refractivity contribution is 7.98. The lowest BCUT2D eigenvalue weighted by atomic mass is 10.1. The molecule has 0 fully saturated rings. The molecule has 0 rings (SSSR count). The highest BCUT2D eigenvalue weighted by Crippen LogP contribution is 2.05. The Labute approximate surface area is 102 Å². The van der Waals surface area contributed by atoms with Gasteiger partial charge in [0.1, 0.15) is 0 Å². The van der Waals surface area contributed by atoms with Crippen molar-refractivity contribution < 1.29 is 4.79 Å². The fraction of sp³-hybridized carbons (Fsp3) is 0.800. The SMILES string of the molecule is CCN(CC(C)C(N)=S)C(=O)CCSC. The van der Waals surface area contributed by atoms with E-state index in [2.05, 4.69) is 0 Å². The molecule has 0 aromatic heterocycles. The van der Waals surface area contributed by atoms with Gasteiger partial charge in [0.2, 0.25) is 5.91 Å². The predicted octanol–water partition coefficient (Wildman–Crippen LogP) is 1.51. The van der Waals surface area contributed by atoms with Gasteiger partial charge < -0.3 is 10.6 Å². The molecule has 0 spiro atoms. The monoisotopic (exact) mass is 248 g/mol. The van der Waals surface area contributed by atoms with Crippen molar-refractivity contribution in [3.8, 4) is 0 Å². The van der Waals surface area contributed by atoms with E-state index in [1.165, 1.54) is 0 Å². The summed E-state index contributed by atoms with van der Waals surface area (Å²) in [5, 5.41) is 0. The van der Waals surface area contributed by atoms with Gasteiger partial charge in [-0.3, -0.25) is 4.79 Å². The molecule has 1 atom stereocenters. The first-order chi connectivity index (χ1) is 7.02. The van der Waals surface area contributed by atoms with E-state index in [9.17, 15) is 4.79 Å². The van der Waals surface area contributed by atoms with E-state index in [0.717, 1.165) is 12.3 Å². The molecule has 5 heteroatoms. The average molecular weight is 248 g/mol. The number of rotatable bonds is 7. The summed E-state index contributed by atoms with van der Waals surface area (Å²) in [5.41, 5.74) is 5.53. The third-order valence-electron chi connectivity index (χ3n) is 2.23. The maximum Gasteiger partial charge on any atom is 0.223 e. The molecule has 0 radical (unpaired) electrons. The summed E-state index contributed by atoms with van der Waals surface area (Å²) in [5.74, 6) is 1.16. The topological polar surface area (TPSA) is 46.3 Å². The Kier molecular flexibility index (Phi) is 7.78. The number of amides is 1. The summed E-state index contributed by atoms with van der Waals surface area (Å²) in [6, 6.07) is 0. The standard InChI is InChI=1S/C10H20N2OS2/c1-4-12(7-8(2)10(11)14)9(13)5-6-15-3/h8H,4-7H2,1-3H3,(H2,11,14). The summed E-state index contributed by atoms with van der Waals surface area (Å²) in [4.78, 5) is 14.0. The third kappa shape index (κ3) is 5.99.